The van der Waals surface area contributed by atoms with Crippen LogP contribution < -0.4 is 0 Å². The predicted octanol–water partition coefficient (Wildman–Crippen LogP) is 3.08. The van der Waals surface area contributed by atoms with E-state index in [1.165, 1.54) is 18.2 Å². The largest absolute Gasteiger partial charge is 0.165 e. The molecule has 0 aromatic heterocycles. The molecule has 0 heterocycles. The van der Waals surface area contributed by atoms with Gasteiger partial charge in [0.1, 0.15) is 0 Å². The van der Waals surface area contributed by atoms with Crippen molar-refractivity contribution >= 4 is 19.8 Å². The van der Waals surface area contributed by atoms with Crippen molar-refractivity contribution in [1.29, 1.82) is 0 Å². The Hall–Kier alpha value is 0.567. The minimum absolute atomic E-state index is 0.708. The average molecular weight is 162 g/mol. The highest BCUT2D eigenvalue weighted by atomic mass is 32.2. The quantitative estimate of drug-likeness (QED) is 0.452. The first kappa shape index (κ1) is 9.57. The van der Waals surface area contributed by atoms with Crippen LogP contribution in [-0.2, 0) is 0 Å². The van der Waals surface area contributed by atoms with Crippen LogP contribution in [0.25, 0.3) is 0 Å². The molecular weight excluding hydrogens is 144 g/mol. The molecule has 0 amide bonds. The summed E-state index contributed by atoms with van der Waals surface area (Å²) < 4.78 is 0. The summed E-state index contributed by atoms with van der Waals surface area (Å²) in [6, 6.07) is 1.49. The van der Waals surface area contributed by atoms with Crippen LogP contribution >= 0.6 is 11.8 Å². The topological polar surface area (TPSA) is 0 Å². The number of hydrogen-bond donors (Lipinski definition) is 0. The first-order valence-electron chi connectivity index (χ1n) is 3.55. The smallest absolute Gasteiger partial charge is 0.0442 e. The second kappa shape index (κ2) is 4.39. The third-order valence-corrected chi connectivity index (χ3v) is 3.83. The maximum absolute atomic E-state index is 2.44. The fraction of sp³-hybridized carbons (Fsp3) is 1.00. The van der Waals surface area contributed by atoms with Crippen LogP contribution in [0.2, 0.25) is 25.7 Å². The fourth-order valence-corrected chi connectivity index (χ4v) is 2.67. The molecule has 0 aromatic carbocycles. The summed E-state index contributed by atoms with van der Waals surface area (Å²) in [4.78, 5) is 0. The monoisotopic (exact) mass is 162 g/mol. The third-order valence-electron chi connectivity index (χ3n) is 1.28. The zero-order chi connectivity index (χ0) is 7.33. The van der Waals surface area contributed by atoms with Crippen molar-refractivity contribution < 1.29 is 0 Å². The molecule has 0 fully saturated rings. The van der Waals surface area contributed by atoms with Crippen LogP contribution in [-0.4, -0.2) is 20.1 Å². The van der Waals surface area contributed by atoms with E-state index in [4.69, 9.17) is 0 Å². The highest BCUT2D eigenvalue weighted by Crippen LogP contribution is 2.12. The van der Waals surface area contributed by atoms with Crippen LogP contribution in [0, 0.1) is 0 Å². The van der Waals surface area contributed by atoms with Gasteiger partial charge in [0, 0.05) is 8.07 Å². The Morgan fingerprint density at radius 2 is 1.78 bits per heavy atom. The van der Waals surface area contributed by atoms with Gasteiger partial charge in [0.2, 0.25) is 0 Å². The normalized spacial score (nSPS) is 12.0. The zero-order valence-corrected chi connectivity index (χ0v) is 8.85. The van der Waals surface area contributed by atoms with Gasteiger partial charge in [0.25, 0.3) is 0 Å². The Kier molecular flexibility index (Phi) is 4.67. The molecular formula is C7H18SSi. The third kappa shape index (κ3) is 8.57. The van der Waals surface area contributed by atoms with E-state index in [9.17, 15) is 0 Å². The minimum Gasteiger partial charge on any atom is -0.165 e. The molecule has 2 heteroatoms. The van der Waals surface area contributed by atoms with Gasteiger partial charge in [-0.05, 0) is 18.4 Å². The van der Waals surface area contributed by atoms with Crippen LogP contribution in [0.5, 0.6) is 0 Å². The zero-order valence-electron chi connectivity index (χ0n) is 7.03. The molecule has 0 nitrogen and oxygen atoms in total. The Balaban J connectivity index is 3.07. The highest BCUT2D eigenvalue weighted by molar-refractivity contribution is 7.98. The predicted molar refractivity (Wildman–Crippen MR) is 51.2 cm³/mol. The Bertz CT molecular complexity index is 65.8. The molecule has 0 saturated heterocycles. The van der Waals surface area contributed by atoms with Gasteiger partial charge in [0.05, 0.1) is 0 Å². The molecule has 0 aliphatic heterocycles. The van der Waals surface area contributed by atoms with Crippen molar-refractivity contribution in [2.75, 3.05) is 12.0 Å². The molecule has 0 saturated carbocycles. The lowest BCUT2D eigenvalue weighted by atomic mass is 10.6. The van der Waals surface area contributed by atoms with Crippen LogP contribution in [0.1, 0.15) is 6.42 Å². The van der Waals surface area contributed by atoms with E-state index in [2.05, 4.69) is 25.9 Å². The summed E-state index contributed by atoms with van der Waals surface area (Å²) in [6.45, 7) is 7.31. The summed E-state index contributed by atoms with van der Waals surface area (Å²) in [7, 11) is -0.708. The van der Waals surface area contributed by atoms with Crippen molar-refractivity contribution in [3.8, 4) is 0 Å². The van der Waals surface area contributed by atoms with Gasteiger partial charge in [0.15, 0.2) is 0 Å². The summed E-state index contributed by atoms with van der Waals surface area (Å²) in [5.41, 5.74) is 0. The Labute approximate surface area is 64.4 Å². The maximum Gasteiger partial charge on any atom is 0.0442 e. The van der Waals surface area contributed by atoms with Crippen LogP contribution in [0.15, 0.2) is 0 Å². The lowest BCUT2D eigenvalue weighted by Gasteiger charge is -2.14. The van der Waals surface area contributed by atoms with Crippen LogP contribution in [0.3, 0.4) is 0 Å². The first-order chi connectivity index (χ1) is 4.06. The van der Waals surface area contributed by atoms with Gasteiger partial charge in [-0.3, -0.25) is 0 Å². The molecule has 0 N–H and O–H groups in total. The summed E-state index contributed by atoms with van der Waals surface area (Å²) in [6.07, 6.45) is 3.61. The van der Waals surface area contributed by atoms with Gasteiger partial charge in [-0.1, -0.05) is 25.7 Å². The lowest BCUT2D eigenvalue weighted by molar-refractivity contribution is 1.06. The summed E-state index contributed by atoms with van der Waals surface area (Å²) in [5.74, 6) is 1.35. The van der Waals surface area contributed by atoms with E-state index < -0.39 is 8.07 Å². The van der Waals surface area contributed by atoms with Gasteiger partial charge in [-0.25, -0.2) is 0 Å². The molecule has 0 unspecified atom stereocenters. The molecule has 0 aliphatic carbocycles. The number of hydrogen-bond acceptors (Lipinski definition) is 1. The van der Waals surface area contributed by atoms with Crippen molar-refractivity contribution in [1.82, 2.24) is 0 Å². The maximum atomic E-state index is 2.44. The first-order valence-corrected chi connectivity index (χ1v) is 8.65. The van der Waals surface area contributed by atoms with E-state index >= 15 is 0 Å². The molecule has 0 radical (unpaired) electrons. The van der Waals surface area contributed by atoms with Gasteiger partial charge >= 0.3 is 0 Å². The lowest BCUT2D eigenvalue weighted by Crippen LogP contribution is -2.18. The van der Waals surface area contributed by atoms with Crippen molar-refractivity contribution in [2.24, 2.45) is 0 Å². The minimum atomic E-state index is -0.708. The van der Waals surface area contributed by atoms with E-state index in [0.717, 1.165) is 0 Å². The molecule has 9 heavy (non-hydrogen) atoms. The highest BCUT2D eigenvalue weighted by Gasteiger charge is 2.10. The van der Waals surface area contributed by atoms with Gasteiger partial charge in [-0.2, -0.15) is 11.8 Å². The molecule has 0 atom stereocenters. The number of rotatable bonds is 4. The van der Waals surface area contributed by atoms with Gasteiger partial charge in [-0.15, -0.1) is 0 Å². The summed E-state index contributed by atoms with van der Waals surface area (Å²) in [5, 5.41) is 0. The molecule has 0 spiro atoms. The Morgan fingerprint density at radius 3 is 2.11 bits per heavy atom. The van der Waals surface area contributed by atoms with Gasteiger partial charge < -0.3 is 0 Å². The standard InChI is InChI=1S/C7H18SSi/c1-8-6-5-7-9(2,3)4/h5-7H2,1-4H3. The molecule has 56 valence electrons. The molecule has 0 rings (SSSR count). The van der Waals surface area contributed by atoms with Crippen molar-refractivity contribution in [2.45, 2.75) is 32.1 Å². The van der Waals surface area contributed by atoms with E-state index in [0.29, 0.717) is 0 Å². The Morgan fingerprint density at radius 1 is 1.22 bits per heavy atom. The van der Waals surface area contributed by atoms with Crippen molar-refractivity contribution in [3.05, 3.63) is 0 Å². The molecule has 0 aromatic rings. The second-order valence-electron chi connectivity index (χ2n) is 3.66. The van der Waals surface area contributed by atoms with E-state index in [1.54, 1.807) is 0 Å². The van der Waals surface area contributed by atoms with E-state index in [1.807, 2.05) is 11.8 Å². The summed E-state index contributed by atoms with van der Waals surface area (Å²) >= 11 is 1.96. The number of thioether (sulfide) groups is 1. The second-order valence-corrected chi connectivity index (χ2v) is 10.3. The van der Waals surface area contributed by atoms with E-state index in [-0.39, 0.29) is 0 Å². The van der Waals surface area contributed by atoms with Crippen LogP contribution in [0.4, 0.5) is 0 Å². The fourth-order valence-electron chi connectivity index (χ4n) is 0.747. The van der Waals surface area contributed by atoms with Crippen molar-refractivity contribution in [3.63, 3.8) is 0 Å². The average Bonchev–Trinajstić information content (AvgIpc) is 1.63. The molecule has 0 bridgehead atoms. The SMILES string of the molecule is CSCCC[Si](C)(C)C. The molecule has 0 aliphatic rings.